The van der Waals surface area contributed by atoms with Crippen LogP contribution in [0.15, 0.2) is 24.3 Å². The van der Waals surface area contributed by atoms with Crippen molar-refractivity contribution in [2.24, 2.45) is 5.92 Å². The number of alkyl halides is 1. The van der Waals surface area contributed by atoms with Crippen LogP contribution in [0.2, 0.25) is 0 Å². The van der Waals surface area contributed by atoms with Gasteiger partial charge < -0.3 is 0 Å². The number of hydrogen-bond donors (Lipinski definition) is 0. The standard InChI is InChI=1S/C11H14BrF/c1-8(2)10(12)7-9-5-3-4-6-11(9)13/h3-6,8,10H,7H2,1-2H3. The minimum absolute atomic E-state index is 0.104. The van der Waals surface area contributed by atoms with Crippen molar-refractivity contribution in [1.82, 2.24) is 0 Å². The van der Waals surface area contributed by atoms with Gasteiger partial charge in [0.1, 0.15) is 5.82 Å². The number of rotatable bonds is 3. The molecule has 2 heteroatoms. The van der Waals surface area contributed by atoms with Gasteiger partial charge in [0, 0.05) is 4.83 Å². The van der Waals surface area contributed by atoms with Crippen molar-refractivity contribution < 1.29 is 4.39 Å². The lowest BCUT2D eigenvalue weighted by Crippen LogP contribution is -2.11. The third kappa shape index (κ3) is 3.11. The highest BCUT2D eigenvalue weighted by molar-refractivity contribution is 9.09. The fraction of sp³-hybridized carbons (Fsp3) is 0.455. The summed E-state index contributed by atoms with van der Waals surface area (Å²) in [4.78, 5) is 0.351. The molecule has 0 fully saturated rings. The maximum absolute atomic E-state index is 13.2. The molecule has 0 aromatic heterocycles. The molecule has 1 unspecified atom stereocenters. The number of benzene rings is 1. The first-order valence-electron chi connectivity index (χ1n) is 4.48. The molecule has 0 aliphatic rings. The van der Waals surface area contributed by atoms with E-state index in [2.05, 4.69) is 29.8 Å². The summed E-state index contributed by atoms with van der Waals surface area (Å²) in [6.07, 6.45) is 0.754. The first-order valence-corrected chi connectivity index (χ1v) is 5.40. The second-order valence-corrected chi connectivity index (χ2v) is 4.73. The number of halogens is 2. The van der Waals surface area contributed by atoms with Crippen molar-refractivity contribution in [3.63, 3.8) is 0 Å². The molecule has 0 saturated carbocycles. The molecular weight excluding hydrogens is 231 g/mol. The molecule has 13 heavy (non-hydrogen) atoms. The zero-order valence-electron chi connectivity index (χ0n) is 7.93. The zero-order valence-corrected chi connectivity index (χ0v) is 9.51. The van der Waals surface area contributed by atoms with Gasteiger partial charge in [-0.3, -0.25) is 0 Å². The van der Waals surface area contributed by atoms with Crippen molar-refractivity contribution in [2.75, 3.05) is 0 Å². The van der Waals surface area contributed by atoms with Gasteiger partial charge in [-0.1, -0.05) is 48.0 Å². The third-order valence-corrected chi connectivity index (χ3v) is 3.48. The highest BCUT2D eigenvalue weighted by Crippen LogP contribution is 2.19. The van der Waals surface area contributed by atoms with Crippen molar-refractivity contribution >= 4 is 15.9 Å². The molecule has 0 heterocycles. The summed E-state index contributed by atoms with van der Waals surface area (Å²) in [6.45, 7) is 4.25. The van der Waals surface area contributed by atoms with Crippen molar-refractivity contribution in [3.05, 3.63) is 35.6 Å². The van der Waals surface area contributed by atoms with E-state index in [-0.39, 0.29) is 5.82 Å². The molecule has 1 atom stereocenters. The van der Waals surface area contributed by atoms with Gasteiger partial charge in [0.05, 0.1) is 0 Å². The predicted octanol–water partition coefficient (Wildman–Crippen LogP) is 3.79. The van der Waals surface area contributed by atoms with Crippen LogP contribution in [-0.4, -0.2) is 4.83 Å². The molecule has 1 rings (SSSR count). The first kappa shape index (κ1) is 10.7. The molecule has 72 valence electrons. The van der Waals surface area contributed by atoms with Crippen molar-refractivity contribution in [2.45, 2.75) is 25.1 Å². The highest BCUT2D eigenvalue weighted by atomic mass is 79.9. The Morgan fingerprint density at radius 1 is 1.31 bits per heavy atom. The van der Waals surface area contributed by atoms with Crippen LogP contribution in [0.1, 0.15) is 19.4 Å². The maximum atomic E-state index is 13.2. The average Bonchev–Trinajstić information content (AvgIpc) is 2.08. The van der Waals surface area contributed by atoms with Crippen LogP contribution in [0.5, 0.6) is 0 Å². The fourth-order valence-corrected chi connectivity index (χ4v) is 1.46. The Morgan fingerprint density at radius 3 is 2.46 bits per heavy atom. The second kappa shape index (κ2) is 4.75. The van der Waals surface area contributed by atoms with Crippen molar-refractivity contribution in [1.29, 1.82) is 0 Å². The van der Waals surface area contributed by atoms with Crippen LogP contribution in [0, 0.1) is 11.7 Å². The average molecular weight is 245 g/mol. The lowest BCUT2D eigenvalue weighted by atomic mass is 10.0. The Labute approximate surface area is 87.3 Å². The topological polar surface area (TPSA) is 0 Å². The van der Waals surface area contributed by atoms with Crippen LogP contribution in [-0.2, 0) is 6.42 Å². The van der Waals surface area contributed by atoms with E-state index in [4.69, 9.17) is 0 Å². The molecule has 0 amide bonds. The van der Waals surface area contributed by atoms with Crippen LogP contribution < -0.4 is 0 Å². The summed E-state index contributed by atoms with van der Waals surface area (Å²) in [5, 5.41) is 0. The molecule has 0 spiro atoms. The molecule has 0 nitrogen and oxygen atoms in total. The maximum Gasteiger partial charge on any atom is 0.126 e. The SMILES string of the molecule is CC(C)C(Br)Cc1ccccc1F. The Morgan fingerprint density at radius 2 is 1.92 bits per heavy atom. The summed E-state index contributed by atoms with van der Waals surface area (Å²) in [5.74, 6) is 0.423. The summed E-state index contributed by atoms with van der Waals surface area (Å²) in [5.41, 5.74) is 0.790. The molecule has 0 aliphatic heterocycles. The summed E-state index contributed by atoms with van der Waals surface area (Å²) in [7, 11) is 0. The molecular formula is C11H14BrF. The quantitative estimate of drug-likeness (QED) is 0.711. The van der Waals surface area contributed by atoms with Crippen LogP contribution >= 0.6 is 15.9 Å². The summed E-state index contributed by atoms with van der Waals surface area (Å²) in [6, 6.07) is 6.94. The van der Waals surface area contributed by atoms with Crippen molar-refractivity contribution in [3.8, 4) is 0 Å². The van der Waals surface area contributed by atoms with E-state index in [0.717, 1.165) is 12.0 Å². The Kier molecular flexibility index (Phi) is 3.91. The van der Waals surface area contributed by atoms with Gasteiger partial charge in [-0.15, -0.1) is 0 Å². The van der Waals surface area contributed by atoms with Gasteiger partial charge in [-0.25, -0.2) is 4.39 Å². The van der Waals surface area contributed by atoms with Crippen LogP contribution in [0.4, 0.5) is 4.39 Å². The third-order valence-electron chi connectivity index (χ3n) is 2.10. The summed E-state index contributed by atoms with van der Waals surface area (Å²) >= 11 is 3.55. The van der Waals surface area contributed by atoms with E-state index in [1.165, 1.54) is 6.07 Å². The van der Waals surface area contributed by atoms with Gasteiger partial charge in [0.15, 0.2) is 0 Å². The Hall–Kier alpha value is -0.370. The lowest BCUT2D eigenvalue weighted by molar-refractivity contribution is 0.574. The fourth-order valence-electron chi connectivity index (χ4n) is 1.11. The van der Waals surface area contributed by atoms with Crippen LogP contribution in [0.3, 0.4) is 0 Å². The molecule has 1 aromatic rings. The van der Waals surface area contributed by atoms with E-state index in [1.807, 2.05) is 12.1 Å². The van der Waals surface area contributed by atoms with E-state index in [1.54, 1.807) is 6.07 Å². The summed E-state index contributed by atoms with van der Waals surface area (Å²) < 4.78 is 13.2. The molecule has 0 aliphatic carbocycles. The van der Waals surface area contributed by atoms with E-state index >= 15 is 0 Å². The van der Waals surface area contributed by atoms with Crippen LogP contribution in [0.25, 0.3) is 0 Å². The normalized spacial score (nSPS) is 13.3. The van der Waals surface area contributed by atoms with Gasteiger partial charge in [-0.05, 0) is 24.0 Å². The Bertz CT molecular complexity index is 271. The molecule has 0 radical (unpaired) electrons. The molecule has 1 aromatic carbocycles. The van der Waals surface area contributed by atoms with E-state index < -0.39 is 0 Å². The molecule has 0 N–H and O–H groups in total. The zero-order chi connectivity index (χ0) is 9.84. The first-order chi connectivity index (χ1) is 6.11. The monoisotopic (exact) mass is 244 g/mol. The highest BCUT2D eigenvalue weighted by Gasteiger charge is 2.11. The lowest BCUT2D eigenvalue weighted by Gasteiger charge is -2.13. The van der Waals surface area contributed by atoms with Gasteiger partial charge >= 0.3 is 0 Å². The number of hydrogen-bond acceptors (Lipinski definition) is 0. The minimum atomic E-state index is -0.104. The van der Waals surface area contributed by atoms with E-state index in [9.17, 15) is 4.39 Å². The molecule has 0 saturated heterocycles. The van der Waals surface area contributed by atoms with Gasteiger partial charge in [0.25, 0.3) is 0 Å². The minimum Gasteiger partial charge on any atom is -0.207 e. The largest absolute Gasteiger partial charge is 0.207 e. The smallest absolute Gasteiger partial charge is 0.126 e. The second-order valence-electron chi connectivity index (χ2n) is 3.56. The molecule has 0 bridgehead atoms. The predicted molar refractivity (Wildman–Crippen MR) is 57.7 cm³/mol. The van der Waals surface area contributed by atoms with Gasteiger partial charge in [-0.2, -0.15) is 0 Å². The Balaban J connectivity index is 2.69. The van der Waals surface area contributed by atoms with Gasteiger partial charge in [0.2, 0.25) is 0 Å². The van der Waals surface area contributed by atoms with E-state index in [0.29, 0.717) is 10.7 Å².